The summed E-state index contributed by atoms with van der Waals surface area (Å²) in [5.41, 5.74) is 6.47. The molecule has 0 radical (unpaired) electrons. The molecule has 0 amide bonds. The summed E-state index contributed by atoms with van der Waals surface area (Å²) >= 11 is 5.74. The Morgan fingerprint density at radius 2 is 2.07 bits per heavy atom. The van der Waals surface area contributed by atoms with E-state index in [0.29, 0.717) is 16.4 Å². The van der Waals surface area contributed by atoms with Crippen molar-refractivity contribution in [1.82, 2.24) is 0 Å². The van der Waals surface area contributed by atoms with Gasteiger partial charge >= 0.3 is 0 Å². The van der Waals surface area contributed by atoms with Crippen molar-refractivity contribution in [2.24, 2.45) is 0 Å². The second-order valence-electron chi connectivity index (χ2n) is 3.07. The van der Waals surface area contributed by atoms with E-state index in [1.807, 2.05) is 0 Å². The molecule has 4 nitrogen and oxygen atoms in total. The first-order valence-electron chi connectivity index (χ1n) is 4.40. The van der Waals surface area contributed by atoms with Gasteiger partial charge in [0.1, 0.15) is 0 Å². The molecule has 15 heavy (non-hydrogen) atoms. The van der Waals surface area contributed by atoms with Gasteiger partial charge in [-0.1, -0.05) is 11.6 Å². The summed E-state index contributed by atoms with van der Waals surface area (Å²) in [6.45, 7) is 1.59. The van der Waals surface area contributed by atoms with Crippen LogP contribution in [0.15, 0.2) is 18.2 Å². The van der Waals surface area contributed by atoms with Crippen LogP contribution in [0.2, 0.25) is 5.02 Å². The summed E-state index contributed by atoms with van der Waals surface area (Å²) in [4.78, 5) is 0. The Bertz CT molecular complexity index is 459. The fraction of sp³-hybridized carbons (Fsp3) is 0.333. The number of hydrogen-bond donors (Lipinski definition) is 1. The van der Waals surface area contributed by atoms with Crippen LogP contribution in [0.3, 0.4) is 0 Å². The maximum Gasteiger partial charge on any atom is 0.234 e. The molecule has 0 aliphatic rings. The van der Waals surface area contributed by atoms with Crippen molar-refractivity contribution in [3.63, 3.8) is 0 Å². The molecule has 0 bridgehead atoms. The summed E-state index contributed by atoms with van der Waals surface area (Å²) in [7, 11) is -1.76. The Kier molecular flexibility index (Phi) is 3.46. The molecule has 0 aromatic heterocycles. The Hall–Kier alpha value is -0.940. The fourth-order valence-electron chi connectivity index (χ4n) is 1.08. The van der Waals surface area contributed by atoms with Crippen molar-refractivity contribution < 1.29 is 8.42 Å². The third-order valence-electron chi connectivity index (χ3n) is 2.13. The molecule has 0 saturated carbocycles. The number of rotatable bonds is 3. The van der Waals surface area contributed by atoms with Crippen LogP contribution in [0.1, 0.15) is 6.92 Å². The van der Waals surface area contributed by atoms with Gasteiger partial charge in [-0.15, -0.1) is 0 Å². The van der Waals surface area contributed by atoms with Gasteiger partial charge in [-0.2, -0.15) is 0 Å². The van der Waals surface area contributed by atoms with E-state index in [2.05, 4.69) is 0 Å². The largest absolute Gasteiger partial charge is 0.397 e. The van der Waals surface area contributed by atoms with Gasteiger partial charge in [-0.3, -0.25) is 4.31 Å². The second-order valence-corrected chi connectivity index (χ2v) is 5.77. The molecule has 0 unspecified atom stereocenters. The van der Waals surface area contributed by atoms with Crippen LogP contribution in [0.25, 0.3) is 0 Å². The number of anilines is 2. The van der Waals surface area contributed by atoms with E-state index < -0.39 is 10.0 Å². The summed E-state index contributed by atoms with van der Waals surface area (Å²) in [6, 6.07) is 4.73. The van der Waals surface area contributed by atoms with Crippen molar-refractivity contribution in [3.8, 4) is 0 Å². The van der Waals surface area contributed by atoms with E-state index in [0.717, 1.165) is 0 Å². The average molecular weight is 249 g/mol. The minimum Gasteiger partial charge on any atom is -0.397 e. The maximum absolute atomic E-state index is 11.5. The highest BCUT2D eigenvalue weighted by Gasteiger charge is 2.16. The van der Waals surface area contributed by atoms with Crippen molar-refractivity contribution >= 4 is 33.0 Å². The van der Waals surface area contributed by atoms with Crippen LogP contribution in [0.5, 0.6) is 0 Å². The molecular formula is C9H13ClN2O2S. The van der Waals surface area contributed by atoms with Crippen LogP contribution >= 0.6 is 11.6 Å². The third kappa shape index (κ3) is 2.54. The molecule has 0 aliphatic heterocycles. The number of hydrogen-bond acceptors (Lipinski definition) is 3. The topological polar surface area (TPSA) is 63.4 Å². The van der Waals surface area contributed by atoms with Gasteiger partial charge in [0.05, 0.1) is 22.2 Å². The summed E-state index contributed by atoms with van der Waals surface area (Å²) < 4.78 is 24.3. The second kappa shape index (κ2) is 4.28. The molecule has 0 spiro atoms. The molecule has 1 aromatic carbocycles. The SMILES string of the molecule is CCS(=O)(=O)N(C)c1ccc(Cl)c(N)c1. The first-order valence-corrected chi connectivity index (χ1v) is 6.39. The summed E-state index contributed by atoms with van der Waals surface area (Å²) in [5.74, 6) is 0.0476. The van der Waals surface area contributed by atoms with Crippen molar-refractivity contribution in [2.75, 3.05) is 22.8 Å². The standard InChI is InChI=1S/C9H13ClN2O2S/c1-3-15(13,14)12(2)7-4-5-8(10)9(11)6-7/h4-6H,3,11H2,1-2H3. The number of nitrogens with zero attached hydrogens (tertiary/aromatic N) is 1. The molecule has 0 fully saturated rings. The normalized spacial score (nSPS) is 11.4. The molecule has 2 N–H and O–H groups in total. The first-order chi connectivity index (χ1) is 6.88. The number of nitrogens with two attached hydrogens (primary N) is 1. The molecular weight excluding hydrogens is 236 g/mol. The van der Waals surface area contributed by atoms with Crippen LogP contribution in [0, 0.1) is 0 Å². The Balaban J connectivity index is 3.13. The lowest BCUT2D eigenvalue weighted by molar-refractivity contribution is 0.595. The number of nitrogen functional groups attached to an aromatic ring is 1. The third-order valence-corrected chi connectivity index (χ3v) is 4.24. The highest BCUT2D eigenvalue weighted by molar-refractivity contribution is 7.92. The van der Waals surface area contributed by atoms with E-state index in [9.17, 15) is 8.42 Å². The lowest BCUT2D eigenvalue weighted by Crippen LogP contribution is -2.27. The van der Waals surface area contributed by atoms with E-state index in [-0.39, 0.29) is 5.75 Å². The molecule has 6 heteroatoms. The van der Waals surface area contributed by atoms with Crippen molar-refractivity contribution in [2.45, 2.75) is 6.92 Å². The van der Waals surface area contributed by atoms with Gasteiger partial charge in [0, 0.05) is 7.05 Å². The van der Waals surface area contributed by atoms with E-state index in [4.69, 9.17) is 17.3 Å². The van der Waals surface area contributed by atoms with Gasteiger partial charge in [0.2, 0.25) is 10.0 Å². The van der Waals surface area contributed by atoms with Gasteiger partial charge in [0.25, 0.3) is 0 Å². The van der Waals surface area contributed by atoms with Crippen LogP contribution in [-0.4, -0.2) is 21.2 Å². The minimum absolute atomic E-state index is 0.0476. The predicted octanol–water partition coefficient (Wildman–Crippen LogP) is 1.71. The molecule has 1 rings (SSSR count). The van der Waals surface area contributed by atoms with Crippen LogP contribution in [-0.2, 0) is 10.0 Å². The van der Waals surface area contributed by atoms with E-state index in [1.165, 1.54) is 17.4 Å². The van der Waals surface area contributed by atoms with Crippen LogP contribution in [0.4, 0.5) is 11.4 Å². The highest BCUT2D eigenvalue weighted by Crippen LogP contribution is 2.25. The minimum atomic E-state index is -3.25. The van der Waals surface area contributed by atoms with Gasteiger partial charge in [0.15, 0.2) is 0 Å². The first kappa shape index (κ1) is 12.1. The quantitative estimate of drug-likeness (QED) is 0.829. The van der Waals surface area contributed by atoms with E-state index in [1.54, 1.807) is 19.1 Å². The molecule has 0 atom stereocenters. The zero-order valence-corrected chi connectivity index (χ0v) is 10.1. The molecule has 0 saturated heterocycles. The summed E-state index contributed by atoms with van der Waals surface area (Å²) in [6.07, 6.45) is 0. The van der Waals surface area contributed by atoms with Crippen LogP contribution < -0.4 is 10.0 Å². The molecule has 1 aromatic rings. The highest BCUT2D eigenvalue weighted by atomic mass is 35.5. The lowest BCUT2D eigenvalue weighted by atomic mass is 10.3. The monoisotopic (exact) mass is 248 g/mol. The fourth-order valence-corrected chi connectivity index (χ4v) is 2.02. The smallest absolute Gasteiger partial charge is 0.234 e. The molecule has 0 heterocycles. The van der Waals surface area contributed by atoms with Gasteiger partial charge < -0.3 is 5.73 Å². The lowest BCUT2D eigenvalue weighted by Gasteiger charge is -2.18. The number of halogens is 1. The Morgan fingerprint density at radius 1 is 1.47 bits per heavy atom. The molecule has 84 valence electrons. The van der Waals surface area contributed by atoms with Gasteiger partial charge in [-0.25, -0.2) is 8.42 Å². The summed E-state index contributed by atoms with van der Waals surface area (Å²) in [5, 5.41) is 0.418. The average Bonchev–Trinajstić information content (AvgIpc) is 2.21. The zero-order valence-electron chi connectivity index (χ0n) is 8.57. The maximum atomic E-state index is 11.5. The Morgan fingerprint density at radius 3 is 2.53 bits per heavy atom. The van der Waals surface area contributed by atoms with Gasteiger partial charge in [-0.05, 0) is 25.1 Å². The number of sulfonamides is 1. The molecule has 0 aliphatic carbocycles. The van der Waals surface area contributed by atoms with Crippen molar-refractivity contribution in [1.29, 1.82) is 0 Å². The Labute approximate surface area is 94.7 Å². The zero-order chi connectivity index (χ0) is 11.6. The van der Waals surface area contributed by atoms with E-state index >= 15 is 0 Å². The number of benzene rings is 1. The van der Waals surface area contributed by atoms with Crippen molar-refractivity contribution in [3.05, 3.63) is 23.2 Å². The predicted molar refractivity (Wildman–Crippen MR) is 63.7 cm³/mol.